The summed E-state index contributed by atoms with van der Waals surface area (Å²) in [6, 6.07) is 3.39. The van der Waals surface area contributed by atoms with Gasteiger partial charge < -0.3 is 23.3 Å². The molecule has 2 amide bonds. The summed E-state index contributed by atoms with van der Waals surface area (Å²) in [4.78, 5) is 15.8. The molecule has 56 heavy (non-hydrogen) atoms. The zero-order valence-electron chi connectivity index (χ0n) is 38.8. The number of hydrogen-bond acceptors (Lipinski definition) is 8. The molecule has 10 nitrogen and oxygen atoms in total. The minimum atomic E-state index is -4.31. The third-order valence-electron chi connectivity index (χ3n) is 12.9. The van der Waals surface area contributed by atoms with Gasteiger partial charge in [0.25, 0.3) is 10.1 Å². The van der Waals surface area contributed by atoms with Gasteiger partial charge in [-0.05, 0) is 94.9 Å². The average molecular weight is 855 g/mol. The number of rotatable bonds is 14. The van der Waals surface area contributed by atoms with Gasteiger partial charge in [0.05, 0.1) is 6.61 Å². The maximum absolute atomic E-state index is 14.2. The quantitative estimate of drug-likeness (QED) is 0.145. The first kappa shape index (κ1) is 49.0. The summed E-state index contributed by atoms with van der Waals surface area (Å²) in [5, 5.41) is 2.54. The number of benzene rings is 1. The Morgan fingerprint density at radius 1 is 0.732 bits per heavy atom. The fourth-order valence-electron chi connectivity index (χ4n) is 5.98. The van der Waals surface area contributed by atoms with Gasteiger partial charge >= 0.3 is 6.03 Å². The Hall–Kier alpha value is -1.37. The lowest BCUT2D eigenvalue weighted by atomic mass is 9.89. The summed E-state index contributed by atoms with van der Waals surface area (Å²) in [5.74, 6) is 0.0828. The Morgan fingerprint density at radius 2 is 1.18 bits per heavy atom. The summed E-state index contributed by atoms with van der Waals surface area (Å²) < 4.78 is 62.4. The fraction of sp³-hybridized carbons (Fsp3) is 0.786. The largest absolute Gasteiger partial charge is 0.414 e. The second-order valence-electron chi connectivity index (χ2n) is 21.5. The number of ether oxygens (including phenoxy) is 1. The lowest BCUT2D eigenvalue weighted by Gasteiger charge is -2.45. The topological polar surface area (TPSA) is 113 Å². The highest BCUT2D eigenvalue weighted by atomic mass is 32.2. The van der Waals surface area contributed by atoms with E-state index in [0.717, 1.165) is 5.56 Å². The molecule has 0 bridgehead atoms. The Bertz CT molecular complexity index is 1660. The zero-order valence-corrected chi connectivity index (χ0v) is 42.6. The number of nitrogens with zero attached hydrogens (tertiary/aromatic N) is 1. The van der Waals surface area contributed by atoms with Gasteiger partial charge in [-0.25, -0.2) is 8.98 Å². The molecule has 1 N–H and O–H groups in total. The van der Waals surface area contributed by atoms with Crippen molar-refractivity contribution < 1.29 is 35.4 Å². The molecule has 1 aromatic rings. The Labute approximate surface area is 344 Å². The maximum atomic E-state index is 14.2. The molecule has 0 spiro atoms. The van der Waals surface area contributed by atoms with Crippen molar-refractivity contribution in [2.75, 3.05) is 6.61 Å². The van der Waals surface area contributed by atoms with Gasteiger partial charge in [0, 0.05) is 6.20 Å². The van der Waals surface area contributed by atoms with Gasteiger partial charge in [0.1, 0.15) is 23.2 Å². The van der Waals surface area contributed by atoms with Crippen molar-refractivity contribution in [3.63, 3.8) is 0 Å². The van der Waals surface area contributed by atoms with Crippen molar-refractivity contribution in [1.29, 1.82) is 0 Å². The molecule has 1 fully saturated rings. The number of amides is 2. The SMILES string of the molecule is CC(C)c1cc(C(C)C)c(S(=O)(=O)OC2C=CN([C@@H]3O[C@H](CO[Si](C)(C)C(C)(C)C)[C@H](O[Si](C)(C)C(C)(C)C)C3O[Si](C)(C)C(C)(C)C)C(=O)N2)c(C(C)C)c1. The van der Waals surface area contributed by atoms with E-state index in [0.29, 0.717) is 17.7 Å². The molecule has 2 aliphatic rings. The number of hydrogen-bond donors (Lipinski definition) is 1. The third-order valence-corrected chi connectivity index (χ3v) is 27.8. The van der Waals surface area contributed by atoms with Crippen molar-refractivity contribution in [3.8, 4) is 0 Å². The molecule has 14 heteroatoms. The number of carbonyl (C=O) groups excluding carboxylic acids is 1. The Kier molecular flexibility index (Phi) is 14.8. The summed E-state index contributed by atoms with van der Waals surface area (Å²) in [6.07, 6.45) is -0.658. The van der Waals surface area contributed by atoms with E-state index in [2.05, 4.69) is 121 Å². The minimum Gasteiger partial charge on any atom is -0.414 e. The molecule has 1 saturated heterocycles. The molecule has 0 radical (unpaired) electrons. The molecule has 322 valence electrons. The second-order valence-corrected chi connectivity index (χ2v) is 37.3. The van der Waals surface area contributed by atoms with Crippen LogP contribution in [0.5, 0.6) is 0 Å². The highest BCUT2D eigenvalue weighted by Crippen LogP contribution is 2.45. The number of nitrogens with one attached hydrogen (secondary N) is 1. The van der Waals surface area contributed by atoms with E-state index in [1.165, 1.54) is 4.90 Å². The van der Waals surface area contributed by atoms with E-state index in [4.69, 9.17) is 22.2 Å². The molecular formula is C42H78N2O8SSi3. The van der Waals surface area contributed by atoms with Crippen LogP contribution < -0.4 is 5.32 Å². The standard InChI is InChI=1S/C42H78N2O8SSi3/c1-27(2)30-24-31(28(3)4)37(32(25-30)29(5)6)53(46,47)50-34-22-23-44(39(45)43-34)38-36(52-56(20,21)42(13,14)15)35(51-55(18,19)41(10,11)12)33(49-38)26-48-54(16,17)40(7,8)9/h22-25,27-29,33-36,38H,26H2,1-21H3,(H,43,45)/t33-,34?,35+,36?,38-/m1/s1. The normalized spacial score (nSPS) is 23.5. The lowest BCUT2D eigenvalue weighted by molar-refractivity contribution is -0.0636. The molecule has 5 atom stereocenters. The Morgan fingerprint density at radius 3 is 1.57 bits per heavy atom. The van der Waals surface area contributed by atoms with Crippen LogP contribution in [0.2, 0.25) is 54.4 Å². The third kappa shape index (κ3) is 10.9. The zero-order chi connectivity index (χ0) is 43.4. The smallest absolute Gasteiger partial charge is 0.325 e. The van der Waals surface area contributed by atoms with E-state index in [1.54, 1.807) is 12.3 Å². The molecule has 2 unspecified atom stereocenters. The summed E-state index contributed by atoms with van der Waals surface area (Å²) in [6.45, 7) is 45.5. The van der Waals surface area contributed by atoms with E-state index >= 15 is 0 Å². The molecular weight excluding hydrogens is 777 g/mol. The van der Waals surface area contributed by atoms with Gasteiger partial charge in [0.2, 0.25) is 0 Å². The summed E-state index contributed by atoms with van der Waals surface area (Å²) in [5.41, 5.74) is 2.49. The van der Waals surface area contributed by atoms with Crippen LogP contribution in [-0.2, 0) is 32.3 Å². The van der Waals surface area contributed by atoms with Crippen molar-refractivity contribution in [3.05, 3.63) is 41.1 Å². The molecule has 0 aliphatic carbocycles. The second kappa shape index (κ2) is 16.9. The fourth-order valence-corrected chi connectivity index (χ4v) is 11.2. The van der Waals surface area contributed by atoms with Crippen LogP contribution >= 0.6 is 0 Å². The Balaban J connectivity index is 2.10. The predicted molar refractivity (Wildman–Crippen MR) is 236 cm³/mol. The minimum absolute atomic E-state index is 0.0228. The van der Waals surface area contributed by atoms with Gasteiger partial charge in [-0.1, -0.05) is 116 Å². The van der Waals surface area contributed by atoms with Crippen molar-refractivity contribution in [1.82, 2.24) is 10.2 Å². The van der Waals surface area contributed by atoms with Gasteiger partial charge in [-0.2, -0.15) is 8.42 Å². The summed E-state index contributed by atoms with van der Waals surface area (Å²) in [7, 11) is -11.4. The molecule has 0 saturated carbocycles. The van der Waals surface area contributed by atoms with E-state index in [1.807, 2.05) is 39.8 Å². The van der Waals surface area contributed by atoms with E-state index in [9.17, 15) is 13.2 Å². The van der Waals surface area contributed by atoms with Crippen molar-refractivity contribution in [2.45, 2.75) is 212 Å². The molecule has 0 aromatic heterocycles. The number of urea groups is 1. The maximum Gasteiger partial charge on any atom is 0.325 e. The van der Waals surface area contributed by atoms with Crippen LogP contribution in [0, 0.1) is 0 Å². The highest BCUT2D eigenvalue weighted by Gasteiger charge is 2.56. The lowest BCUT2D eigenvalue weighted by Crippen LogP contribution is -2.58. The average Bonchev–Trinajstić information content (AvgIpc) is 3.32. The molecule has 3 rings (SSSR count). The monoisotopic (exact) mass is 854 g/mol. The van der Waals surface area contributed by atoms with Crippen molar-refractivity contribution >= 4 is 41.1 Å². The molecule has 1 aromatic carbocycles. The van der Waals surface area contributed by atoms with E-state index < -0.39 is 71.9 Å². The van der Waals surface area contributed by atoms with Gasteiger partial charge in [-0.3, -0.25) is 4.90 Å². The van der Waals surface area contributed by atoms with E-state index in [-0.39, 0.29) is 37.8 Å². The van der Waals surface area contributed by atoms with Crippen LogP contribution in [0.3, 0.4) is 0 Å². The van der Waals surface area contributed by atoms with Crippen molar-refractivity contribution in [2.24, 2.45) is 0 Å². The van der Waals surface area contributed by atoms with Gasteiger partial charge in [0.15, 0.2) is 37.4 Å². The van der Waals surface area contributed by atoms with Crippen LogP contribution in [0.1, 0.15) is 138 Å². The first-order valence-electron chi connectivity index (χ1n) is 20.6. The number of carbonyl (C=O) groups is 1. The summed E-state index contributed by atoms with van der Waals surface area (Å²) >= 11 is 0. The first-order chi connectivity index (χ1) is 25.0. The molecule has 2 aliphatic heterocycles. The van der Waals surface area contributed by atoms with Crippen LogP contribution in [0.4, 0.5) is 4.79 Å². The molecule has 2 heterocycles. The van der Waals surface area contributed by atoms with Crippen LogP contribution in [0.15, 0.2) is 29.3 Å². The first-order valence-corrected chi connectivity index (χ1v) is 30.7. The highest BCUT2D eigenvalue weighted by molar-refractivity contribution is 7.87. The van der Waals surface area contributed by atoms with Crippen LogP contribution in [0.25, 0.3) is 0 Å². The predicted octanol–water partition coefficient (Wildman–Crippen LogP) is 11.2. The van der Waals surface area contributed by atoms with Crippen LogP contribution in [-0.4, -0.2) is 81.7 Å². The van der Waals surface area contributed by atoms with Gasteiger partial charge in [-0.15, -0.1) is 0 Å².